The van der Waals surface area contributed by atoms with Crippen molar-refractivity contribution in [2.75, 3.05) is 0 Å². The third-order valence-corrected chi connectivity index (χ3v) is 3.59. The Balaban J connectivity index is 1.87. The zero-order valence-electron chi connectivity index (χ0n) is 11.2. The predicted molar refractivity (Wildman–Crippen MR) is 84.4 cm³/mol. The Morgan fingerprint density at radius 1 is 1.05 bits per heavy atom. The first-order valence-electron chi connectivity index (χ1n) is 6.61. The van der Waals surface area contributed by atoms with Gasteiger partial charge in [0.2, 0.25) is 0 Å². The Bertz CT molecular complexity index is 787. The molecule has 0 fully saturated rings. The third-order valence-electron chi connectivity index (χ3n) is 3.26. The summed E-state index contributed by atoms with van der Waals surface area (Å²) in [6.07, 6.45) is 1.66. The van der Waals surface area contributed by atoms with Gasteiger partial charge in [-0.05, 0) is 29.8 Å². The standard InChI is InChI=1S/C17H13ClN2O/c18-15-9-8-14(16-13(15)7-4-10-19-16)17(21)20-11-12-5-2-1-3-6-12/h1-10H,11H2,(H,20,21). The normalized spacial score (nSPS) is 10.5. The maximum atomic E-state index is 12.3. The summed E-state index contributed by atoms with van der Waals surface area (Å²) in [6, 6.07) is 16.9. The van der Waals surface area contributed by atoms with E-state index in [9.17, 15) is 4.79 Å². The number of carbonyl (C=O) groups excluding carboxylic acids is 1. The van der Waals surface area contributed by atoms with Gasteiger partial charge in [-0.3, -0.25) is 9.78 Å². The average molecular weight is 297 g/mol. The molecule has 4 heteroatoms. The van der Waals surface area contributed by atoms with E-state index < -0.39 is 0 Å². The SMILES string of the molecule is O=C(NCc1ccccc1)c1ccc(Cl)c2cccnc12. The first-order chi connectivity index (χ1) is 10.3. The highest BCUT2D eigenvalue weighted by molar-refractivity contribution is 6.36. The van der Waals surface area contributed by atoms with Gasteiger partial charge in [0.1, 0.15) is 0 Å². The van der Waals surface area contributed by atoms with E-state index in [0.29, 0.717) is 22.6 Å². The summed E-state index contributed by atoms with van der Waals surface area (Å²) in [4.78, 5) is 16.6. The molecule has 0 saturated carbocycles. The molecule has 1 aromatic heterocycles. The molecule has 0 saturated heterocycles. The van der Waals surface area contributed by atoms with Crippen molar-refractivity contribution in [3.8, 4) is 0 Å². The number of amides is 1. The van der Waals surface area contributed by atoms with Crippen LogP contribution in [0.15, 0.2) is 60.8 Å². The molecular formula is C17H13ClN2O. The average Bonchev–Trinajstić information content (AvgIpc) is 2.54. The van der Waals surface area contributed by atoms with Crippen LogP contribution in [-0.2, 0) is 6.54 Å². The van der Waals surface area contributed by atoms with E-state index in [4.69, 9.17) is 11.6 Å². The molecule has 0 aliphatic carbocycles. The largest absolute Gasteiger partial charge is 0.348 e. The first-order valence-corrected chi connectivity index (χ1v) is 6.99. The van der Waals surface area contributed by atoms with E-state index in [1.165, 1.54) is 0 Å². The molecular weight excluding hydrogens is 284 g/mol. The van der Waals surface area contributed by atoms with Crippen LogP contribution in [0.3, 0.4) is 0 Å². The van der Waals surface area contributed by atoms with Crippen molar-refractivity contribution >= 4 is 28.4 Å². The van der Waals surface area contributed by atoms with Gasteiger partial charge in [-0.1, -0.05) is 41.9 Å². The fourth-order valence-corrected chi connectivity index (χ4v) is 2.41. The first kappa shape index (κ1) is 13.6. The fourth-order valence-electron chi connectivity index (χ4n) is 2.19. The molecule has 1 heterocycles. The Morgan fingerprint density at radius 2 is 1.86 bits per heavy atom. The lowest BCUT2D eigenvalue weighted by atomic mass is 10.1. The molecule has 104 valence electrons. The van der Waals surface area contributed by atoms with E-state index in [-0.39, 0.29) is 5.91 Å². The number of pyridine rings is 1. The lowest BCUT2D eigenvalue weighted by Crippen LogP contribution is -2.23. The van der Waals surface area contributed by atoms with Gasteiger partial charge in [0.05, 0.1) is 16.1 Å². The molecule has 0 spiro atoms. The zero-order valence-corrected chi connectivity index (χ0v) is 12.0. The summed E-state index contributed by atoms with van der Waals surface area (Å²) in [6.45, 7) is 0.483. The molecule has 0 unspecified atom stereocenters. The fraction of sp³-hybridized carbons (Fsp3) is 0.0588. The van der Waals surface area contributed by atoms with Crippen LogP contribution in [0.2, 0.25) is 5.02 Å². The van der Waals surface area contributed by atoms with Gasteiger partial charge < -0.3 is 5.32 Å². The molecule has 21 heavy (non-hydrogen) atoms. The van der Waals surface area contributed by atoms with E-state index in [2.05, 4.69) is 10.3 Å². The van der Waals surface area contributed by atoms with Crippen LogP contribution >= 0.6 is 11.6 Å². The molecule has 0 aliphatic heterocycles. The second-order valence-corrected chi connectivity index (χ2v) is 5.07. The van der Waals surface area contributed by atoms with Crippen molar-refractivity contribution in [2.45, 2.75) is 6.54 Å². The Morgan fingerprint density at radius 3 is 2.67 bits per heavy atom. The van der Waals surface area contributed by atoms with Crippen molar-refractivity contribution in [2.24, 2.45) is 0 Å². The van der Waals surface area contributed by atoms with Gasteiger partial charge in [0.15, 0.2) is 0 Å². The molecule has 0 atom stereocenters. The number of hydrogen-bond acceptors (Lipinski definition) is 2. The summed E-state index contributed by atoms with van der Waals surface area (Å²) in [5.74, 6) is -0.154. The van der Waals surface area contributed by atoms with Crippen molar-refractivity contribution in [3.63, 3.8) is 0 Å². The molecule has 3 rings (SSSR count). The van der Waals surface area contributed by atoms with Crippen LogP contribution in [0.5, 0.6) is 0 Å². The number of nitrogens with one attached hydrogen (secondary N) is 1. The lowest BCUT2D eigenvalue weighted by Gasteiger charge is -2.08. The summed E-state index contributed by atoms with van der Waals surface area (Å²) < 4.78 is 0. The number of nitrogens with zero attached hydrogens (tertiary/aromatic N) is 1. The molecule has 0 bridgehead atoms. The number of aromatic nitrogens is 1. The van der Waals surface area contributed by atoms with Crippen molar-refractivity contribution < 1.29 is 4.79 Å². The van der Waals surface area contributed by atoms with E-state index in [1.54, 1.807) is 24.4 Å². The minimum absolute atomic E-state index is 0.154. The summed E-state index contributed by atoms with van der Waals surface area (Å²) in [5.41, 5.74) is 2.21. The van der Waals surface area contributed by atoms with E-state index in [1.807, 2.05) is 36.4 Å². The van der Waals surface area contributed by atoms with Crippen LogP contribution in [0, 0.1) is 0 Å². The van der Waals surface area contributed by atoms with Crippen molar-refractivity contribution in [1.82, 2.24) is 10.3 Å². The molecule has 1 amide bonds. The van der Waals surface area contributed by atoms with Crippen LogP contribution in [-0.4, -0.2) is 10.9 Å². The van der Waals surface area contributed by atoms with Crippen LogP contribution < -0.4 is 5.32 Å². The summed E-state index contributed by atoms with van der Waals surface area (Å²) in [5, 5.41) is 4.28. The summed E-state index contributed by atoms with van der Waals surface area (Å²) in [7, 11) is 0. The van der Waals surface area contributed by atoms with Crippen molar-refractivity contribution in [3.05, 3.63) is 76.9 Å². The minimum atomic E-state index is -0.154. The smallest absolute Gasteiger partial charge is 0.253 e. The van der Waals surface area contributed by atoms with Crippen molar-refractivity contribution in [1.29, 1.82) is 0 Å². The maximum absolute atomic E-state index is 12.3. The van der Waals surface area contributed by atoms with Crippen LogP contribution in [0.25, 0.3) is 10.9 Å². The number of hydrogen-bond donors (Lipinski definition) is 1. The monoisotopic (exact) mass is 296 g/mol. The lowest BCUT2D eigenvalue weighted by molar-refractivity contribution is 0.0952. The van der Waals surface area contributed by atoms with Crippen LogP contribution in [0.1, 0.15) is 15.9 Å². The Labute approximate surface area is 127 Å². The number of halogens is 1. The van der Waals surface area contributed by atoms with Gasteiger partial charge in [-0.25, -0.2) is 0 Å². The van der Waals surface area contributed by atoms with Gasteiger partial charge >= 0.3 is 0 Å². The summed E-state index contributed by atoms with van der Waals surface area (Å²) >= 11 is 6.13. The Kier molecular flexibility index (Phi) is 3.84. The molecule has 1 N–H and O–H groups in total. The second kappa shape index (κ2) is 5.94. The Hall–Kier alpha value is -2.39. The molecule has 3 aromatic rings. The van der Waals surface area contributed by atoms with E-state index >= 15 is 0 Å². The molecule has 0 aliphatic rings. The van der Waals surface area contributed by atoms with Gasteiger partial charge in [-0.15, -0.1) is 0 Å². The topological polar surface area (TPSA) is 42.0 Å². The quantitative estimate of drug-likeness (QED) is 0.798. The third kappa shape index (κ3) is 2.88. The number of carbonyl (C=O) groups is 1. The number of benzene rings is 2. The maximum Gasteiger partial charge on any atom is 0.253 e. The van der Waals surface area contributed by atoms with Crippen LogP contribution in [0.4, 0.5) is 0 Å². The highest BCUT2D eigenvalue weighted by Gasteiger charge is 2.12. The zero-order chi connectivity index (χ0) is 14.7. The highest BCUT2D eigenvalue weighted by atomic mass is 35.5. The molecule has 0 radical (unpaired) electrons. The highest BCUT2D eigenvalue weighted by Crippen LogP contribution is 2.24. The molecule has 2 aromatic carbocycles. The number of rotatable bonds is 3. The van der Waals surface area contributed by atoms with Gasteiger partial charge in [0, 0.05) is 18.1 Å². The molecule has 3 nitrogen and oxygen atoms in total. The minimum Gasteiger partial charge on any atom is -0.348 e. The predicted octanol–water partition coefficient (Wildman–Crippen LogP) is 3.82. The number of fused-ring (bicyclic) bond motifs is 1. The second-order valence-electron chi connectivity index (χ2n) is 4.66. The van der Waals surface area contributed by atoms with E-state index in [0.717, 1.165) is 10.9 Å². The van der Waals surface area contributed by atoms with Gasteiger partial charge in [0.25, 0.3) is 5.91 Å². The van der Waals surface area contributed by atoms with Gasteiger partial charge in [-0.2, -0.15) is 0 Å².